The van der Waals surface area contributed by atoms with E-state index in [0.29, 0.717) is 0 Å². The van der Waals surface area contributed by atoms with E-state index < -0.39 is 21.0 Å². The van der Waals surface area contributed by atoms with Crippen molar-refractivity contribution < 1.29 is 17.4 Å². The fourth-order valence-electron chi connectivity index (χ4n) is 0.266. The SMILES string of the molecule is CNC(=O)OS(=O)(=O)C(C)(C)C. The predicted molar refractivity (Wildman–Crippen MR) is 44.2 cm³/mol. The average Bonchev–Trinajstić information content (AvgIpc) is 1.84. The van der Waals surface area contributed by atoms with Crippen LogP contribution in [0.1, 0.15) is 20.8 Å². The molecule has 0 spiro atoms. The summed E-state index contributed by atoms with van der Waals surface area (Å²) in [6, 6.07) is 0. The number of hydrogen-bond donors (Lipinski definition) is 1. The number of nitrogens with one attached hydrogen (secondary N) is 1. The maximum atomic E-state index is 11.1. The van der Waals surface area contributed by atoms with Gasteiger partial charge in [0.1, 0.15) is 0 Å². The molecule has 5 nitrogen and oxygen atoms in total. The first-order valence-electron chi connectivity index (χ1n) is 3.36. The van der Waals surface area contributed by atoms with Gasteiger partial charge in [0.25, 0.3) is 0 Å². The van der Waals surface area contributed by atoms with Gasteiger partial charge in [0.05, 0.1) is 4.75 Å². The predicted octanol–water partition coefficient (Wildman–Crippen LogP) is 0.471. The summed E-state index contributed by atoms with van der Waals surface area (Å²) in [4.78, 5) is 10.6. The van der Waals surface area contributed by atoms with Crippen LogP contribution in [0, 0.1) is 0 Å². The van der Waals surface area contributed by atoms with Gasteiger partial charge in [-0.1, -0.05) is 0 Å². The zero-order valence-corrected chi connectivity index (χ0v) is 8.36. The van der Waals surface area contributed by atoms with Gasteiger partial charge in [0.2, 0.25) is 0 Å². The van der Waals surface area contributed by atoms with Crippen molar-refractivity contribution in [1.82, 2.24) is 5.32 Å². The van der Waals surface area contributed by atoms with E-state index in [9.17, 15) is 13.2 Å². The van der Waals surface area contributed by atoms with Crippen molar-refractivity contribution in [1.29, 1.82) is 0 Å². The molecule has 0 aliphatic heterocycles. The Hall–Kier alpha value is -0.780. The van der Waals surface area contributed by atoms with Crippen molar-refractivity contribution in [2.24, 2.45) is 0 Å². The highest BCUT2D eigenvalue weighted by Gasteiger charge is 2.32. The topological polar surface area (TPSA) is 72.5 Å². The second-order valence-electron chi connectivity index (χ2n) is 3.19. The third-order valence-electron chi connectivity index (χ3n) is 1.14. The first-order chi connectivity index (χ1) is 5.20. The third-order valence-corrected chi connectivity index (χ3v) is 3.01. The minimum atomic E-state index is -3.82. The molecule has 0 fully saturated rings. The summed E-state index contributed by atoms with van der Waals surface area (Å²) >= 11 is 0. The molecular weight excluding hydrogens is 182 g/mol. The molecule has 1 N–H and O–H groups in total. The van der Waals surface area contributed by atoms with Crippen LogP contribution in [0.5, 0.6) is 0 Å². The van der Waals surface area contributed by atoms with Crippen molar-refractivity contribution in [3.8, 4) is 0 Å². The van der Waals surface area contributed by atoms with Crippen LogP contribution < -0.4 is 5.32 Å². The van der Waals surface area contributed by atoms with Gasteiger partial charge in [0.15, 0.2) is 0 Å². The molecule has 0 rings (SSSR count). The van der Waals surface area contributed by atoms with Crippen LogP contribution in [0.2, 0.25) is 0 Å². The first-order valence-corrected chi connectivity index (χ1v) is 4.77. The average molecular weight is 195 g/mol. The lowest BCUT2D eigenvalue weighted by Gasteiger charge is -2.17. The number of rotatable bonds is 1. The van der Waals surface area contributed by atoms with Gasteiger partial charge in [0, 0.05) is 7.05 Å². The fourth-order valence-corrected chi connectivity index (χ4v) is 0.799. The largest absolute Gasteiger partial charge is 0.422 e. The monoisotopic (exact) mass is 195 g/mol. The smallest absolute Gasteiger partial charge is 0.328 e. The van der Waals surface area contributed by atoms with Gasteiger partial charge >= 0.3 is 16.2 Å². The maximum Gasteiger partial charge on any atom is 0.422 e. The molecule has 72 valence electrons. The van der Waals surface area contributed by atoms with Crippen molar-refractivity contribution in [3.63, 3.8) is 0 Å². The number of hydrogen-bond acceptors (Lipinski definition) is 4. The van der Waals surface area contributed by atoms with Crippen molar-refractivity contribution in [2.75, 3.05) is 7.05 Å². The molecule has 0 aromatic heterocycles. The maximum absolute atomic E-state index is 11.1. The van der Waals surface area contributed by atoms with Gasteiger partial charge in [-0.05, 0) is 20.8 Å². The summed E-state index contributed by atoms with van der Waals surface area (Å²) in [7, 11) is -2.53. The lowest BCUT2D eigenvalue weighted by molar-refractivity contribution is 0.203. The van der Waals surface area contributed by atoms with Crippen molar-refractivity contribution >= 4 is 16.2 Å². The first kappa shape index (κ1) is 11.2. The van der Waals surface area contributed by atoms with E-state index in [4.69, 9.17) is 0 Å². The summed E-state index contributed by atoms with van der Waals surface area (Å²) in [5, 5.41) is 2.05. The molecule has 0 aromatic rings. The summed E-state index contributed by atoms with van der Waals surface area (Å²) in [6.07, 6.45) is -0.968. The third kappa shape index (κ3) is 2.69. The zero-order chi connectivity index (χ0) is 9.99. The molecule has 0 bridgehead atoms. The Labute approximate surface area is 72.2 Å². The molecular formula is C6H13NO4S. The summed E-state index contributed by atoms with van der Waals surface area (Å²) in [6.45, 7) is 4.35. The van der Waals surface area contributed by atoms with Crippen LogP contribution in [0.25, 0.3) is 0 Å². The van der Waals surface area contributed by atoms with Gasteiger partial charge in [-0.25, -0.2) is 4.79 Å². The lowest BCUT2D eigenvalue weighted by atomic mass is 10.3. The standard InChI is InChI=1S/C6H13NO4S/c1-6(2,3)12(9,10)11-5(8)7-4/h1-4H3,(H,7,8). The van der Waals surface area contributed by atoms with Gasteiger partial charge < -0.3 is 9.50 Å². The molecule has 0 heterocycles. The van der Waals surface area contributed by atoms with Crippen LogP contribution in [0.3, 0.4) is 0 Å². The summed E-state index contributed by atoms with van der Waals surface area (Å²) < 4.78 is 25.4. The van der Waals surface area contributed by atoms with E-state index in [-0.39, 0.29) is 0 Å². The Morgan fingerprint density at radius 3 is 2.00 bits per heavy atom. The molecule has 0 aromatic carbocycles. The second kappa shape index (κ2) is 3.30. The summed E-state index contributed by atoms with van der Waals surface area (Å²) in [5.74, 6) is 0. The molecule has 0 saturated heterocycles. The minimum Gasteiger partial charge on any atom is -0.328 e. The van der Waals surface area contributed by atoms with E-state index in [1.54, 1.807) is 0 Å². The molecule has 1 amide bonds. The highest BCUT2D eigenvalue weighted by Crippen LogP contribution is 2.16. The van der Waals surface area contributed by atoms with E-state index in [2.05, 4.69) is 9.50 Å². The Morgan fingerprint density at radius 1 is 1.33 bits per heavy atom. The molecule has 0 atom stereocenters. The van der Waals surface area contributed by atoms with Crippen molar-refractivity contribution in [2.45, 2.75) is 25.5 Å². The van der Waals surface area contributed by atoms with Crippen LogP contribution in [0.15, 0.2) is 0 Å². The minimum absolute atomic E-state index is 0.968. The van der Waals surface area contributed by atoms with Gasteiger partial charge in [-0.15, -0.1) is 0 Å². The van der Waals surface area contributed by atoms with Crippen LogP contribution in [0.4, 0.5) is 4.79 Å². The molecule has 12 heavy (non-hydrogen) atoms. The molecule has 0 aliphatic rings. The Bertz CT molecular complexity index is 262. The highest BCUT2D eigenvalue weighted by molar-refractivity contribution is 7.88. The fraction of sp³-hybridized carbons (Fsp3) is 0.833. The molecule has 6 heteroatoms. The van der Waals surface area contributed by atoms with Crippen LogP contribution >= 0.6 is 0 Å². The highest BCUT2D eigenvalue weighted by atomic mass is 32.2. The quantitative estimate of drug-likeness (QED) is 0.617. The van der Waals surface area contributed by atoms with E-state index in [0.717, 1.165) is 0 Å². The van der Waals surface area contributed by atoms with Gasteiger partial charge in [-0.2, -0.15) is 8.42 Å². The molecule has 0 aliphatic carbocycles. The molecule has 0 radical (unpaired) electrons. The van der Waals surface area contributed by atoms with Crippen molar-refractivity contribution in [3.05, 3.63) is 0 Å². The van der Waals surface area contributed by atoms with Gasteiger partial charge in [-0.3, -0.25) is 0 Å². The van der Waals surface area contributed by atoms with E-state index >= 15 is 0 Å². The lowest BCUT2D eigenvalue weighted by Crippen LogP contribution is -2.34. The van der Waals surface area contributed by atoms with E-state index in [1.807, 2.05) is 0 Å². The summed E-state index contributed by atoms with van der Waals surface area (Å²) in [5.41, 5.74) is 0. The van der Waals surface area contributed by atoms with Crippen LogP contribution in [-0.4, -0.2) is 26.3 Å². The number of carbonyl (C=O) groups excluding carboxylic acids is 1. The number of amides is 1. The second-order valence-corrected chi connectivity index (χ2v) is 5.49. The molecule has 0 saturated carbocycles. The number of carbonyl (C=O) groups is 1. The molecule has 0 unspecified atom stereocenters. The Morgan fingerprint density at radius 2 is 1.75 bits per heavy atom. The zero-order valence-electron chi connectivity index (χ0n) is 7.54. The van der Waals surface area contributed by atoms with Crippen LogP contribution in [-0.2, 0) is 14.3 Å². The normalized spacial score (nSPS) is 12.3. The Balaban J connectivity index is 4.58. The van der Waals surface area contributed by atoms with E-state index in [1.165, 1.54) is 27.8 Å². The Kier molecular flexibility index (Phi) is 3.09.